The molecular formula is C21H16IN5. The molecule has 0 spiro atoms. The molecule has 0 aliphatic rings. The second-order valence-electron chi connectivity index (χ2n) is 6.52. The zero-order chi connectivity index (χ0) is 18.5. The lowest BCUT2D eigenvalue weighted by molar-refractivity contribution is 0.937. The highest BCUT2D eigenvalue weighted by atomic mass is 127. The van der Waals surface area contributed by atoms with Gasteiger partial charge in [-0.25, -0.2) is 15.0 Å². The first kappa shape index (κ1) is 16.4. The first-order valence-electron chi connectivity index (χ1n) is 8.63. The smallest absolute Gasteiger partial charge is 0.159 e. The number of rotatable bonds is 2. The summed E-state index contributed by atoms with van der Waals surface area (Å²) in [5.74, 6) is 1.71. The molecule has 5 nitrogen and oxygen atoms in total. The number of hydrogen-bond acceptors (Lipinski definition) is 3. The van der Waals surface area contributed by atoms with Gasteiger partial charge >= 0.3 is 0 Å². The van der Waals surface area contributed by atoms with Crippen molar-refractivity contribution >= 4 is 44.7 Å². The summed E-state index contributed by atoms with van der Waals surface area (Å²) in [4.78, 5) is 14.5. The number of aromatic nitrogens is 5. The van der Waals surface area contributed by atoms with Gasteiger partial charge in [0.1, 0.15) is 11.4 Å². The van der Waals surface area contributed by atoms with Crippen LogP contribution < -0.4 is 0 Å². The van der Waals surface area contributed by atoms with Crippen LogP contribution in [-0.2, 0) is 14.1 Å². The van der Waals surface area contributed by atoms with Crippen LogP contribution in [0.25, 0.3) is 45.1 Å². The van der Waals surface area contributed by atoms with Gasteiger partial charge in [0, 0.05) is 17.7 Å². The largest absolute Gasteiger partial charge is 0.326 e. The second kappa shape index (κ2) is 6.16. The van der Waals surface area contributed by atoms with E-state index in [4.69, 9.17) is 15.0 Å². The van der Waals surface area contributed by atoms with Crippen molar-refractivity contribution in [3.8, 4) is 23.0 Å². The minimum atomic E-state index is 0.850. The van der Waals surface area contributed by atoms with E-state index in [1.54, 1.807) is 0 Å². The lowest BCUT2D eigenvalue weighted by Crippen LogP contribution is -2.00. The van der Waals surface area contributed by atoms with Crippen LogP contribution in [0.1, 0.15) is 0 Å². The van der Waals surface area contributed by atoms with Gasteiger partial charge in [0.05, 0.1) is 22.1 Å². The highest BCUT2D eigenvalue weighted by Crippen LogP contribution is 2.28. The van der Waals surface area contributed by atoms with Gasteiger partial charge in [-0.3, -0.25) is 0 Å². The molecule has 0 aliphatic carbocycles. The molecule has 0 N–H and O–H groups in total. The number of nitrogens with zero attached hydrogens (tertiary/aromatic N) is 5. The van der Waals surface area contributed by atoms with E-state index in [-0.39, 0.29) is 0 Å². The van der Waals surface area contributed by atoms with Crippen LogP contribution in [0.5, 0.6) is 0 Å². The van der Waals surface area contributed by atoms with Crippen LogP contribution in [0, 0.1) is 3.57 Å². The minimum Gasteiger partial charge on any atom is -0.326 e. The van der Waals surface area contributed by atoms with Crippen LogP contribution >= 0.6 is 22.6 Å². The average molecular weight is 465 g/mol. The van der Waals surface area contributed by atoms with Crippen LogP contribution in [-0.4, -0.2) is 24.1 Å². The number of fused-ring (bicyclic) bond motifs is 2. The highest BCUT2D eigenvalue weighted by molar-refractivity contribution is 14.1. The van der Waals surface area contributed by atoms with Gasteiger partial charge in [-0.15, -0.1) is 0 Å². The van der Waals surface area contributed by atoms with Gasteiger partial charge in [0.15, 0.2) is 11.6 Å². The summed E-state index contributed by atoms with van der Waals surface area (Å²) in [6.45, 7) is 0. The van der Waals surface area contributed by atoms with Gasteiger partial charge in [0.25, 0.3) is 0 Å². The summed E-state index contributed by atoms with van der Waals surface area (Å²) in [7, 11) is 4.06. The van der Waals surface area contributed by atoms with Gasteiger partial charge in [0.2, 0.25) is 0 Å². The van der Waals surface area contributed by atoms with E-state index in [0.717, 1.165) is 48.7 Å². The fourth-order valence-electron chi connectivity index (χ4n) is 3.48. The van der Waals surface area contributed by atoms with Crippen LogP contribution in [0.2, 0.25) is 0 Å². The normalized spacial score (nSPS) is 11.5. The lowest BCUT2D eigenvalue weighted by Gasteiger charge is -2.07. The molecular weight excluding hydrogens is 449 g/mol. The molecule has 0 saturated heterocycles. The molecule has 0 saturated carbocycles. The van der Waals surface area contributed by atoms with E-state index < -0.39 is 0 Å². The van der Waals surface area contributed by atoms with Crippen LogP contribution in [0.3, 0.4) is 0 Å². The molecule has 3 aromatic heterocycles. The van der Waals surface area contributed by atoms with Crippen molar-refractivity contribution in [3.63, 3.8) is 0 Å². The molecule has 0 fully saturated rings. The number of benzene rings is 2. The Bertz CT molecular complexity index is 1220. The predicted octanol–water partition coefficient (Wildman–Crippen LogP) is 4.79. The number of pyridine rings is 1. The van der Waals surface area contributed by atoms with E-state index >= 15 is 0 Å². The summed E-state index contributed by atoms with van der Waals surface area (Å²) in [5, 5.41) is 0. The Morgan fingerprint density at radius 3 is 1.56 bits per heavy atom. The maximum atomic E-state index is 4.91. The average Bonchev–Trinajstić information content (AvgIpc) is 3.20. The first-order valence-corrected chi connectivity index (χ1v) is 9.71. The second-order valence-corrected chi connectivity index (χ2v) is 7.77. The van der Waals surface area contributed by atoms with Crippen molar-refractivity contribution in [2.24, 2.45) is 14.1 Å². The number of hydrogen-bond donors (Lipinski definition) is 0. The third-order valence-electron chi connectivity index (χ3n) is 4.82. The fraction of sp³-hybridized carbons (Fsp3) is 0.0952. The van der Waals surface area contributed by atoms with Gasteiger partial charge < -0.3 is 9.13 Å². The zero-order valence-electron chi connectivity index (χ0n) is 14.9. The third-order valence-corrected chi connectivity index (χ3v) is 5.45. The Balaban J connectivity index is 1.72. The SMILES string of the molecule is Cn1c(-c2cc(I)cc(-c3nc4ccccc4n3C)n2)nc2ccccc21. The fourth-order valence-corrected chi connectivity index (χ4v) is 4.07. The molecule has 0 atom stereocenters. The summed E-state index contributed by atoms with van der Waals surface area (Å²) in [5.41, 5.74) is 5.83. The molecule has 5 rings (SSSR count). The molecule has 3 heterocycles. The summed E-state index contributed by atoms with van der Waals surface area (Å²) in [6, 6.07) is 20.4. The Kier molecular flexibility index (Phi) is 3.75. The number of para-hydroxylation sites is 4. The number of halogens is 1. The Labute approximate surface area is 169 Å². The standard InChI is InChI=1S/C21H16IN5/c1-26-18-9-5-3-7-14(18)24-20(26)16-11-13(22)12-17(23-16)21-25-15-8-4-6-10-19(15)27(21)2/h3-12H,1-2H3. The van der Waals surface area contributed by atoms with E-state index in [1.165, 1.54) is 0 Å². The van der Waals surface area contributed by atoms with E-state index in [0.29, 0.717) is 0 Å². The van der Waals surface area contributed by atoms with Gasteiger partial charge in [-0.05, 0) is 59.0 Å². The van der Waals surface area contributed by atoms with E-state index in [9.17, 15) is 0 Å². The van der Waals surface area contributed by atoms with Gasteiger partial charge in [-0.2, -0.15) is 0 Å². The zero-order valence-corrected chi connectivity index (χ0v) is 17.0. The minimum absolute atomic E-state index is 0.850. The number of imidazole rings is 2. The number of aryl methyl sites for hydroxylation is 2. The third kappa shape index (κ3) is 2.63. The molecule has 6 heteroatoms. The molecule has 5 aromatic rings. The molecule has 27 heavy (non-hydrogen) atoms. The van der Waals surface area contributed by atoms with E-state index in [2.05, 4.69) is 56.0 Å². The van der Waals surface area contributed by atoms with Crippen molar-refractivity contribution in [3.05, 3.63) is 64.2 Å². The van der Waals surface area contributed by atoms with Crippen molar-refractivity contribution in [1.29, 1.82) is 0 Å². The molecule has 2 aromatic carbocycles. The van der Waals surface area contributed by atoms with E-state index in [1.807, 2.05) is 50.5 Å². The first-order chi connectivity index (χ1) is 13.1. The van der Waals surface area contributed by atoms with Crippen LogP contribution in [0.4, 0.5) is 0 Å². The van der Waals surface area contributed by atoms with Gasteiger partial charge in [-0.1, -0.05) is 24.3 Å². The summed E-state index contributed by atoms with van der Waals surface area (Å²) >= 11 is 2.33. The summed E-state index contributed by atoms with van der Waals surface area (Å²) < 4.78 is 5.28. The van der Waals surface area contributed by atoms with Crippen LogP contribution in [0.15, 0.2) is 60.7 Å². The predicted molar refractivity (Wildman–Crippen MR) is 116 cm³/mol. The quantitative estimate of drug-likeness (QED) is 0.352. The Hall–Kier alpha value is -2.74. The van der Waals surface area contributed by atoms with Crippen molar-refractivity contribution in [1.82, 2.24) is 24.1 Å². The molecule has 0 unspecified atom stereocenters. The molecule has 132 valence electrons. The molecule has 0 radical (unpaired) electrons. The molecule has 0 aliphatic heterocycles. The summed E-state index contributed by atoms with van der Waals surface area (Å²) in [6.07, 6.45) is 0. The Morgan fingerprint density at radius 2 is 1.11 bits per heavy atom. The van der Waals surface area contributed by atoms with Crippen molar-refractivity contribution in [2.45, 2.75) is 0 Å². The Morgan fingerprint density at radius 1 is 0.667 bits per heavy atom. The monoisotopic (exact) mass is 465 g/mol. The molecule has 0 bridgehead atoms. The molecule has 0 amide bonds. The highest BCUT2D eigenvalue weighted by Gasteiger charge is 2.16. The van der Waals surface area contributed by atoms with Crippen molar-refractivity contribution < 1.29 is 0 Å². The maximum absolute atomic E-state index is 4.91. The lowest BCUT2D eigenvalue weighted by atomic mass is 10.2. The van der Waals surface area contributed by atoms with Crippen molar-refractivity contribution in [2.75, 3.05) is 0 Å². The maximum Gasteiger partial charge on any atom is 0.159 e. The topological polar surface area (TPSA) is 48.5 Å².